The molecule has 0 amide bonds. The third-order valence-corrected chi connectivity index (χ3v) is 3.79. The molecule has 0 bridgehead atoms. The lowest BCUT2D eigenvalue weighted by Gasteiger charge is -2.27. The number of carbonyl (C=O) groups is 1. The minimum absolute atomic E-state index is 0.0495. The smallest absolute Gasteiger partial charge is 0.201 e. The highest BCUT2D eigenvalue weighted by atomic mass is 16.5. The number of ketones is 1. The van der Waals surface area contributed by atoms with E-state index < -0.39 is 6.10 Å². The van der Waals surface area contributed by atoms with Crippen LogP contribution < -0.4 is 14.2 Å². The zero-order chi connectivity index (χ0) is 16.6. The Bertz CT molecular complexity index is 751. The number of carbonyl (C=O) groups excluding carboxylic acids is 1. The molecule has 0 aliphatic carbocycles. The van der Waals surface area contributed by atoms with Gasteiger partial charge in [0, 0.05) is 6.07 Å². The summed E-state index contributed by atoms with van der Waals surface area (Å²) in [6, 6.07) is 7.95. The molecule has 3 rings (SSSR count). The van der Waals surface area contributed by atoms with Gasteiger partial charge >= 0.3 is 0 Å². The maximum absolute atomic E-state index is 12.5. The molecule has 23 heavy (non-hydrogen) atoms. The van der Waals surface area contributed by atoms with Crippen molar-refractivity contribution in [3.05, 3.63) is 41.5 Å². The van der Waals surface area contributed by atoms with Gasteiger partial charge in [0.25, 0.3) is 0 Å². The van der Waals surface area contributed by atoms with Gasteiger partial charge in [-0.3, -0.25) is 4.79 Å². The van der Waals surface area contributed by atoms with Crippen molar-refractivity contribution in [1.82, 2.24) is 0 Å². The molecule has 2 N–H and O–H groups in total. The average molecular weight is 316 g/mol. The molecule has 0 fully saturated rings. The fraction of sp³-hybridized carbons (Fsp3) is 0.235. The Hall–Kier alpha value is -2.89. The Labute approximate surface area is 132 Å². The van der Waals surface area contributed by atoms with Crippen LogP contribution in [-0.2, 0) is 0 Å². The summed E-state index contributed by atoms with van der Waals surface area (Å²) in [6.07, 6.45) is -0.366. The van der Waals surface area contributed by atoms with Crippen LogP contribution in [0.5, 0.6) is 28.7 Å². The Balaban J connectivity index is 2.06. The molecule has 2 aromatic carbocycles. The van der Waals surface area contributed by atoms with E-state index in [-0.39, 0.29) is 40.8 Å². The molecule has 0 saturated carbocycles. The molecule has 0 radical (unpaired) electrons. The number of phenolic OH excluding ortho intramolecular Hbond substituents is 2. The highest BCUT2D eigenvalue weighted by molar-refractivity contribution is 6.03. The maximum atomic E-state index is 12.5. The topological polar surface area (TPSA) is 85.2 Å². The minimum Gasteiger partial charge on any atom is -0.508 e. The van der Waals surface area contributed by atoms with Crippen molar-refractivity contribution >= 4 is 5.78 Å². The molecule has 0 saturated heterocycles. The van der Waals surface area contributed by atoms with E-state index in [0.29, 0.717) is 5.75 Å². The average Bonchev–Trinajstić information content (AvgIpc) is 2.55. The van der Waals surface area contributed by atoms with Crippen LogP contribution in [0.15, 0.2) is 30.3 Å². The molecule has 6 heteroatoms. The zero-order valence-electron chi connectivity index (χ0n) is 12.7. The van der Waals surface area contributed by atoms with E-state index in [9.17, 15) is 15.0 Å². The van der Waals surface area contributed by atoms with Crippen molar-refractivity contribution in [3.8, 4) is 28.7 Å². The number of benzene rings is 2. The van der Waals surface area contributed by atoms with Gasteiger partial charge in [0.15, 0.2) is 17.3 Å². The van der Waals surface area contributed by atoms with Gasteiger partial charge in [0.05, 0.1) is 20.6 Å². The van der Waals surface area contributed by atoms with Gasteiger partial charge < -0.3 is 24.4 Å². The molecule has 6 nitrogen and oxygen atoms in total. The number of fused-ring (bicyclic) bond motifs is 1. The van der Waals surface area contributed by atoms with Gasteiger partial charge in [-0.05, 0) is 17.7 Å². The summed E-state index contributed by atoms with van der Waals surface area (Å²) >= 11 is 0. The highest BCUT2D eigenvalue weighted by Gasteiger charge is 2.33. The molecular formula is C17H16O6. The van der Waals surface area contributed by atoms with Crippen LogP contribution >= 0.6 is 0 Å². The van der Waals surface area contributed by atoms with Gasteiger partial charge in [-0.1, -0.05) is 12.1 Å². The molecule has 120 valence electrons. The Morgan fingerprint density at radius 3 is 2.43 bits per heavy atom. The molecule has 1 heterocycles. The zero-order valence-corrected chi connectivity index (χ0v) is 12.7. The van der Waals surface area contributed by atoms with E-state index >= 15 is 0 Å². The van der Waals surface area contributed by atoms with Crippen LogP contribution in [0.4, 0.5) is 0 Å². The predicted molar refractivity (Wildman–Crippen MR) is 81.6 cm³/mol. The number of methoxy groups -OCH3 is 2. The second-order valence-corrected chi connectivity index (χ2v) is 5.16. The maximum Gasteiger partial charge on any atom is 0.201 e. The van der Waals surface area contributed by atoms with E-state index in [2.05, 4.69) is 0 Å². The Morgan fingerprint density at radius 1 is 1.13 bits per heavy atom. The summed E-state index contributed by atoms with van der Waals surface area (Å²) in [5.74, 6) is 0.233. The molecule has 1 atom stereocenters. The molecule has 0 unspecified atom stereocenters. The Morgan fingerprint density at radius 2 is 1.83 bits per heavy atom. The van der Waals surface area contributed by atoms with Crippen LogP contribution in [0.25, 0.3) is 0 Å². The van der Waals surface area contributed by atoms with Gasteiger partial charge in [-0.15, -0.1) is 0 Å². The largest absolute Gasteiger partial charge is 0.508 e. The molecule has 0 aromatic heterocycles. The third-order valence-electron chi connectivity index (χ3n) is 3.79. The normalized spacial score (nSPS) is 16.4. The Kier molecular flexibility index (Phi) is 3.73. The van der Waals surface area contributed by atoms with Crippen LogP contribution in [0, 0.1) is 0 Å². The number of Topliss-reactive ketones (excluding diaryl/α,β-unsaturated/α-hetero) is 1. The van der Waals surface area contributed by atoms with E-state index in [0.717, 1.165) is 5.56 Å². The van der Waals surface area contributed by atoms with Gasteiger partial charge in [0.1, 0.15) is 23.2 Å². The summed E-state index contributed by atoms with van der Waals surface area (Å²) in [5.41, 5.74) is 0.980. The summed E-state index contributed by atoms with van der Waals surface area (Å²) in [6.45, 7) is 0. The first-order chi connectivity index (χ1) is 11.0. The van der Waals surface area contributed by atoms with Crippen molar-refractivity contribution in [2.24, 2.45) is 0 Å². The first-order valence-electron chi connectivity index (χ1n) is 7.02. The van der Waals surface area contributed by atoms with Crippen LogP contribution in [0.1, 0.15) is 28.4 Å². The van der Waals surface area contributed by atoms with Crippen molar-refractivity contribution in [2.75, 3.05) is 14.2 Å². The van der Waals surface area contributed by atoms with Crippen LogP contribution in [-0.4, -0.2) is 30.2 Å². The van der Waals surface area contributed by atoms with E-state index in [4.69, 9.17) is 14.2 Å². The second-order valence-electron chi connectivity index (χ2n) is 5.16. The van der Waals surface area contributed by atoms with Gasteiger partial charge in [-0.2, -0.15) is 0 Å². The first kappa shape index (κ1) is 15.0. The molecular weight excluding hydrogens is 300 g/mol. The number of rotatable bonds is 3. The quantitative estimate of drug-likeness (QED) is 0.905. The van der Waals surface area contributed by atoms with Gasteiger partial charge in [0.2, 0.25) is 5.75 Å². The SMILES string of the molecule is COc1cc2c(c(OC)c1O)C(=O)C[C@H](c1ccc(O)cc1)O2. The lowest BCUT2D eigenvalue weighted by molar-refractivity contribution is 0.0842. The lowest BCUT2D eigenvalue weighted by Crippen LogP contribution is -2.21. The predicted octanol–water partition coefficient (Wildman–Crippen LogP) is 2.82. The number of ether oxygens (including phenoxy) is 3. The standard InChI is InChI=1S/C17H16O6/c1-21-14-8-13-15(17(22-2)16(14)20)11(19)7-12(23-13)9-3-5-10(18)6-4-9/h3-6,8,12,18,20H,7H2,1-2H3/t12-/m1/s1. The summed E-state index contributed by atoms with van der Waals surface area (Å²) in [7, 11) is 2.77. The third kappa shape index (κ3) is 2.52. The van der Waals surface area contributed by atoms with Crippen LogP contribution in [0.2, 0.25) is 0 Å². The molecule has 0 spiro atoms. The monoisotopic (exact) mass is 316 g/mol. The fourth-order valence-electron chi connectivity index (χ4n) is 2.65. The van der Waals surface area contributed by atoms with Gasteiger partial charge in [-0.25, -0.2) is 0 Å². The number of phenols is 2. The first-order valence-corrected chi connectivity index (χ1v) is 7.02. The van der Waals surface area contributed by atoms with E-state index in [1.54, 1.807) is 12.1 Å². The summed E-state index contributed by atoms with van der Waals surface area (Å²) in [4.78, 5) is 12.5. The molecule has 1 aliphatic rings. The summed E-state index contributed by atoms with van der Waals surface area (Å²) < 4.78 is 16.1. The number of hydrogen-bond acceptors (Lipinski definition) is 6. The van der Waals surface area contributed by atoms with Crippen LogP contribution in [0.3, 0.4) is 0 Å². The van der Waals surface area contributed by atoms with E-state index in [1.165, 1.54) is 32.4 Å². The minimum atomic E-state index is -0.477. The lowest BCUT2D eigenvalue weighted by atomic mass is 9.95. The number of aromatic hydroxyl groups is 2. The highest BCUT2D eigenvalue weighted by Crippen LogP contribution is 2.48. The molecule has 2 aromatic rings. The second kappa shape index (κ2) is 5.72. The van der Waals surface area contributed by atoms with Crippen molar-refractivity contribution in [3.63, 3.8) is 0 Å². The molecule has 1 aliphatic heterocycles. The number of hydrogen-bond donors (Lipinski definition) is 2. The fourth-order valence-corrected chi connectivity index (χ4v) is 2.65. The van der Waals surface area contributed by atoms with Crippen molar-refractivity contribution < 1.29 is 29.2 Å². The van der Waals surface area contributed by atoms with Crippen molar-refractivity contribution in [1.29, 1.82) is 0 Å². The van der Waals surface area contributed by atoms with E-state index in [1.807, 2.05) is 0 Å². The van der Waals surface area contributed by atoms with Crippen molar-refractivity contribution in [2.45, 2.75) is 12.5 Å². The summed E-state index contributed by atoms with van der Waals surface area (Å²) in [5, 5.41) is 19.5.